The van der Waals surface area contributed by atoms with Gasteiger partial charge in [0.25, 0.3) is 0 Å². The van der Waals surface area contributed by atoms with Gasteiger partial charge < -0.3 is 25.6 Å². The Bertz CT molecular complexity index is 543. The van der Waals surface area contributed by atoms with Gasteiger partial charge in [-0.1, -0.05) is 42.1 Å². The molecule has 0 radical (unpaired) electrons. The third kappa shape index (κ3) is 3.87. The molecule has 5 atom stereocenters. The van der Waals surface area contributed by atoms with Crippen LogP contribution in [-0.2, 0) is 11.3 Å². The Balaban J connectivity index is 1.55. The normalized spacial score (nSPS) is 35.1. The molecule has 2 aliphatic heterocycles. The molecule has 0 bridgehead atoms. The summed E-state index contributed by atoms with van der Waals surface area (Å²) in [6, 6.07) is 9.74. The third-order valence-electron chi connectivity index (χ3n) is 4.04. The van der Waals surface area contributed by atoms with Crippen LogP contribution >= 0.6 is 11.8 Å². The highest BCUT2D eigenvalue weighted by molar-refractivity contribution is 8.14. The van der Waals surface area contributed by atoms with Crippen molar-refractivity contribution in [3.05, 3.63) is 35.9 Å². The smallest absolute Gasteiger partial charge is 0.159 e. The van der Waals surface area contributed by atoms with Gasteiger partial charge in [0, 0.05) is 19.6 Å². The number of rotatable bonds is 5. The van der Waals surface area contributed by atoms with Crippen LogP contribution in [0.5, 0.6) is 0 Å². The van der Waals surface area contributed by atoms with E-state index in [1.54, 1.807) is 0 Å². The number of aliphatic hydroxyl groups is 2. The number of aliphatic hydroxyl groups excluding tert-OH is 2. The first kappa shape index (κ1) is 16.7. The second kappa shape index (κ2) is 7.63. The molecule has 0 saturated carbocycles. The van der Waals surface area contributed by atoms with Crippen LogP contribution in [0.3, 0.4) is 0 Å². The highest BCUT2D eigenvalue weighted by atomic mass is 32.2. The van der Waals surface area contributed by atoms with Gasteiger partial charge >= 0.3 is 0 Å². The molecular formula is C16H23N3O3S. The Kier molecular flexibility index (Phi) is 5.55. The molecular weight excluding hydrogens is 314 g/mol. The van der Waals surface area contributed by atoms with E-state index in [4.69, 9.17) is 4.74 Å². The molecule has 0 spiro atoms. The SMILES string of the molecule is CCN=C1N[C@@H]2[C@@H](O)[C@H](O)[C@@H](CNCc3ccccc3)O[C@@H]2S1. The Labute approximate surface area is 140 Å². The summed E-state index contributed by atoms with van der Waals surface area (Å²) in [5.41, 5.74) is 0.952. The number of aliphatic imine (C=N–C) groups is 1. The van der Waals surface area contributed by atoms with Crippen LogP contribution in [0.2, 0.25) is 0 Å². The summed E-state index contributed by atoms with van der Waals surface area (Å²) in [7, 11) is 0. The lowest BCUT2D eigenvalue weighted by Gasteiger charge is -2.39. The lowest BCUT2D eigenvalue weighted by Crippen LogP contribution is -2.60. The number of thioether (sulfide) groups is 1. The maximum Gasteiger partial charge on any atom is 0.159 e. The average molecular weight is 337 g/mol. The summed E-state index contributed by atoms with van der Waals surface area (Å²) >= 11 is 1.48. The quantitative estimate of drug-likeness (QED) is 0.618. The molecule has 0 aliphatic carbocycles. The van der Waals surface area contributed by atoms with E-state index in [2.05, 4.69) is 15.6 Å². The molecule has 4 N–H and O–H groups in total. The first-order valence-electron chi connectivity index (χ1n) is 7.93. The average Bonchev–Trinajstić information content (AvgIpc) is 2.96. The molecule has 6 nitrogen and oxygen atoms in total. The van der Waals surface area contributed by atoms with Gasteiger partial charge in [0.2, 0.25) is 0 Å². The van der Waals surface area contributed by atoms with E-state index in [1.807, 2.05) is 37.3 Å². The van der Waals surface area contributed by atoms with Crippen molar-refractivity contribution >= 4 is 16.9 Å². The van der Waals surface area contributed by atoms with Crippen LogP contribution in [0.15, 0.2) is 35.3 Å². The van der Waals surface area contributed by atoms with Gasteiger partial charge in [-0.2, -0.15) is 0 Å². The van der Waals surface area contributed by atoms with E-state index in [9.17, 15) is 10.2 Å². The largest absolute Gasteiger partial charge is 0.388 e. The summed E-state index contributed by atoms with van der Waals surface area (Å²) in [6.07, 6.45) is -2.23. The zero-order valence-corrected chi connectivity index (χ0v) is 13.9. The minimum Gasteiger partial charge on any atom is -0.388 e. The maximum atomic E-state index is 10.3. The highest BCUT2D eigenvalue weighted by Gasteiger charge is 2.48. The van der Waals surface area contributed by atoms with Crippen LogP contribution in [0, 0.1) is 0 Å². The minimum atomic E-state index is -0.923. The van der Waals surface area contributed by atoms with Crippen molar-refractivity contribution in [2.24, 2.45) is 4.99 Å². The van der Waals surface area contributed by atoms with E-state index >= 15 is 0 Å². The second-order valence-corrected chi connectivity index (χ2v) is 6.80. The zero-order chi connectivity index (χ0) is 16.2. The molecule has 2 fully saturated rings. The molecule has 2 saturated heterocycles. The molecule has 2 aliphatic rings. The number of nitrogens with one attached hydrogen (secondary N) is 2. The molecule has 0 amide bonds. The van der Waals surface area contributed by atoms with Crippen LogP contribution in [0.4, 0.5) is 0 Å². The van der Waals surface area contributed by atoms with Gasteiger partial charge in [-0.05, 0) is 12.5 Å². The molecule has 3 rings (SSSR count). The van der Waals surface area contributed by atoms with Crippen LogP contribution < -0.4 is 10.6 Å². The molecule has 126 valence electrons. The number of hydrogen-bond acceptors (Lipinski definition) is 6. The maximum absolute atomic E-state index is 10.3. The fourth-order valence-corrected chi connectivity index (χ4v) is 4.02. The second-order valence-electron chi connectivity index (χ2n) is 5.71. The summed E-state index contributed by atoms with van der Waals surface area (Å²) in [5.74, 6) is 0. The third-order valence-corrected chi connectivity index (χ3v) is 5.14. The number of nitrogens with zero attached hydrogens (tertiary/aromatic N) is 1. The molecule has 1 aromatic rings. The predicted octanol–water partition coefficient (Wildman–Crippen LogP) is 0.304. The van der Waals surface area contributed by atoms with Gasteiger partial charge in [-0.3, -0.25) is 4.99 Å². The van der Waals surface area contributed by atoms with Gasteiger partial charge in [-0.25, -0.2) is 0 Å². The van der Waals surface area contributed by atoms with E-state index in [0.29, 0.717) is 19.6 Å². The molecule has 2 heterocycles. The van der Waals surface area contributed by atoms with Crippen molar-refractivity contribution in [1.82, 2.24) is 10.6 Å². The molecule has 23 heavy (non-hydrogen) atoms. The van der Waals surface area contributed by atoms with Gasteiger partial charge in [0.05, 0.1) is 6.04 Å². The first-order valence-corrected chi connectivity index (χ1v) is 8.81. The van der Waals surface area contributed by atoms with Gasteiger partial charge in [0.1, 0.15) is 23.7 Å². The standard InChI is InChI=1S/C16H23N3O3S/c1-2-18-16-19-12-14(21)13(20)11(22-15(12)23-16)9-17-8-10-6-4-3-5-7-10/h3-7,11-15,17,20-21H,2,8-9H2,1H3,(H,18,19)/t11-,12-,13-,14-,15-/m1/s1. The fourth-order valence-electron chi connectivity index (χ4n) is 2.82. The summed E-state index contributed by atoms with van der Waals surface area (Å²) in [6.45, 7) is 3.82. The van der Waals surface area contributed by atoms with Crippen molar-refractivity contribution in [1.29, 1.82) is 0 Å². The van der Waals surface area contributed by atoms with Crippen LogP contribution in [0.1, 0.15) is 12.5 Å². The van der Waals surface area contributed by atoms with Crippen molar-refractivity contribution in [3.63, 3.8) is 0 Å². The number of fused-ring (bicyclic) bond motifs is 1. The number of ether oxygens (including phenoxy) is 1. The van der Waals surface area contributed by atoms with Crippen molar-refractivity contribution in [2.75, 3.05) is 13.1 Å². The topological polar surface area (TPSA) is 86.1 Å². The molecule has 1 aromatic carbocycles. The zero-order valence-electron chi connectivity index (χ0n) is 13.1. The van der Waals surface area contributed by atoms with E-state index < -0.39 is 18.3 Å². The van der Waals surface area contributed by atoms with Crippen LogP contribution in [-0.4, -0.2) is 58.3 Å². The van der Waals surface area contributed by atoms with E-state index in [-0.39, 0.29) is 11.5 Å². The first-order chi connectivity index (χ1) is 11.2. The van der Waals surface area contributed by atoms with Gasteiger partial charge in [-0.15, -0.1) is 0 Å². The van der Waals surface area contributed by atoms with Crippen molar-refractivity contribution in [3.8, 4) is 0 Å². The van der Waals surface area contributed by atoms with Gasteiger partial charge in [0.15, 0.2) is 5.17 Å². The minimum absolute atomic E-state index is 0.220. The van der Waals surface area contributed by atoms with E-state index in [0.717, 1.165) is 5.17 Å². The van der Waals surface area contributed by atoms with Crippen LogP contribution in [0.25, 0.3) is 0 Å². The summed E-state index contributed by atoms with van der Waals surface area (Å²) in [5, 5.41) is 27.8. The molecule has 0 unspecified atom stereocenters. The molecule has 7 heteroatoms. The van der Waals surface area contributed by atoms with Crippen molar-refractivity contribution < 1.29 is 14.9 Å². The monoisotopic (exact) mass is 337 g/mol. The Morgan fingerprint density at radius 2 is 2.04 bits per heavy atom. The van der Waals surface area contributed by atoms with Crippen molar-refractivity contribution in [2.45, 2.75) is 43.3 Å². The Hall–Kier alpha value is -1.12. The van der Waals surface area contributed by atoms with E-state index in [1.165, 1.54) is 17.3 Å². The number of amidine groups is 1. The number of benzene rings is 1. The summed E-state index contributed by atoms with van der Waals surface area (Å²) < 4.78 is 5.95. The lowest BCUT2D eigenvalue weighted by atomic mass is 9.98. The fraction of sp³-hybridized carbons (Fsp3) is 0.562. The highest BCUT2D eigenvalue weighted by Crippen LogP contribution is 2.33. The predicted molar refractivity (Wildman–Crippen MR) is 91.3 cm³/mol. The Morgan fingerprint density at radius 3 is 2.78 bits per heavy atom. The number of hydrogen-bond donors (Lipinski definition) is 4. The Morgan fingerprint density at radius 1 is 1.26 bits per heavy atom. The molecule has 0 aromatic heterocycles. The summed E-state index contributed by atoms with van der Waals surface area (Å²) in [4.78, 5) is 4.31. The lowest BCUT2D eigenvalue weighted by molar-refractivity contribution is -0.154.